The lowest BCUT2D eigenvalue weighted by atomic mass is 10.1. The molecule has 0 amide bonds. The first kappa shape index (κ1) is 11.5. The number of phenolic OH excluding ortho intramolecular Hbond substituents is 1. The van der Waals surface area contributed by atoms with Crippen LogP contribution in [0.4, 0.5) is 0 Å². The summed E-state index contributed by atoms with van der Waals surface area (Å²) < 4.78 is 0. The Bertz CT molecular complexity index is 329. The minimum absolute atomic E-state index is 0.374. The third-order valence-corrected chi connectivity index (χ3v) is 3.54. The van der Waals surface area contributed by atoms with Crippen LogP contribution < -0.4 is 0 Å². The minimum atomic E-state index is 0.374. The monoisotopic (exact) mass is 219 g/mol. The largest absolute Gasteiger partial charge is 0.508 e. The van der Waals surface area contributed by atoms with E-state index in [0.29, 0.717) is 11.8 Å². The second-order valence-electron chi connectivity index (χ2n) is 4.72. The van der Waals surface area contributed by atoms with Crippen molar-refractivity contribution in [3.05, 3.63) is 29.8 Å². The summed E-state index contributed by atoms with van der Waals surface area (Å²) in [6.45, 7) is 4.62. The Morgan fingerprint density at radius 1 is 1.12 bits per heavy atom. The van der Waals surface area contributed by atoms with Crippen LogP contribution in [0.25, 0.3) is 0 Å². The molecular formula is C14H21NO. The van der Waals surface area contributed by atoms with Gasteiger partial charge in [0.25, 0.3) is 0 Å². The smallest absolute Gasteiger partial charge is 0.115 e. The molecule has 0 saturated carbocycles. The van der Waals surface area contributed by atoms with E-state index in [9.17, 15) is 5.11 Å². The Morgan fingerprint density at radius 2 is 1.81 bits per heavy atom. The third kappa shape index (κ3) is 2.76. The summed E-state index contributed by atoms with van der Waals surface area (Å²) in [5.74, 6) is 0.374. The Balaban J connectivity index is 2.07. The number of hydrogen-bond acceptors (Lipinski definition) is 2. The summed E-state index contributed by atoms with van der Waals surface area (Å²) in [5.41, 5.74) is 1.22. The van der Waals surface area contributed by atoms with Crippen molar-refractivity contribution in [3.8, 4) is 5.75 Å². The second-order valence-corrected chi connectivity index (χ2v) is 4.72. The van der Waals surface area contributed by atoms with Gasteiger partial charge in [-0.3, -0.25) is 4.90 Å². The molecule has 1 fully saturated rings. The maximum absolute atomic E-state index is 9.50. The summed E-state index contributed by atoms with van der Waals surface area (Å²) in [4.78, 5) is 2.53. The first-order chi connectivity index (χ1) is 7.77. The summed E-state index contributed by atoms with van der Waals surface area (Å²) in [7, 11) is 0. The molecule has 1 N–H and O–H groups in total. The van der Waals surface area contributed by atoms with E-state index in [-0.39, 0.29) is 0 Å². The number of rotatable bonds is 2. The van der Waals surface area contributed by atoms with Crippen molar-refractivity contribution < 1.29 is 5.11 Å². The normalized spacial score (nSPS) is 20.3. The summed E-state index contributed by atoms with van der Waals surface area (Å²) >= 11 is 0. The Kier molecular flexibility index (Phi) is 3.83. The van der Waals surface area contributed by atoms with Gasteiger partial charge in [0.1, 0.15) is 5.75 Å². The van der Waals surface area contributed by atoms with Gasteiger partial charge < -0.3 is 5.11 Å². The zero-order valence-corrected chi connectivity index (χ0v) is 10.0. The van der Waals surface area contributed by atoms with E-state index < -0.39 is 0 Å². The average Bonchev–Trinajstić information content (AvgIpc) is 2.56. The number of hydrogen-bond donors (Lipinski definition) is 1. The van der Waals surface area contributed by atoms with Gasteiger partial charge in [-0.25, -0.2) is 0 Å². The molecule has 2 rings (SSSR count). The number of nitrogens with zero attached hydrogens (tertiary/aromatic N) is 1. The highest BCUT2D eigenvalue weighted by Crippen LogP contribution is 2.25. The van der Waals surface area contributed by atoms with Gasteiger partial charge in [0.05, 0.1) is 0 Å². The van der Waals surface area contributed by atoms with Crippen LogP contribution in [0, 0.1) is 0 Å². The lowest BCUT2D eigenvalue weighted by molar-refractivity contribution is 0.219. The maximum Gasteiger partial charge on any atom is 0.115 e. The molecule has 1 aromatic carbocycles. The molecule has 0 radical (unpaired) electrons. The minimum Gasteiger partial charge on any atom is -0.508 e. The van der Waals surface area contributed by atoms with Crippen LogP contribution in [0.2, 0.25) is 0 Å². The Morgan fingerprint density at radius 3 is 2.44 bits per heavy atom. The van der Waals surface area contributed by atoms with Crippen LogP contribution in [0.1, 0.15) is 44.2 Å². The van der Waals surface area contributed by atoms with Crippen molar-refractivity contribution in [3.63, 3.8) is 0 Å². The molecule has 2 nitrogen and oxygen atoms in total. The SMILES string of the molecule is CC(c1cccc(O)c1)N1CCCCCC1. The standard InChI is InChI=1S/C14H21NO/c1-12(13-7-6-8-14(16)11-13)15-9-4-2-3-5-10-15/h6-8,11-12,16H,2-5,9-10H2,1H3. The molecule has 1 atom stereocenters. The van der Waals surface area contributed by atoms with Gasteiger partial charge in [0.15, 0.2) is 0 Å². The average molecular weight is 219 g/mol. The molecule has 1 aromatic rings. The van der Waals surface area contributed by atoms with Gasteiger partial charge in [-0.2, -0.15) is 0 Å². The predicted octanol–water partition coefficient (Wildman–Crippen LogP) is 3.33. The molecule has 1 saturated heterocycles. The van der Waals surface area contributed by atoms with Crippen LogP contribution >= 0.6 is 0 Å². The first-order valence-electron chi connectivity index (χ1n) is 6.30. The predicted molar refractivity (Wildman–Crippen MR) is 66.6 cm³/mol. The van der Waals surface area contributed by atoms with Crippen LogP contribution in [-0.2, 0) is 0 Å². The summed E-state index contributed by atoms with van der Waals surface area (Å²) in [5, 5.41) is 9.50. The molecule has 1 aliphatic rings. The molecule has 2 heteroatoms. The van der Waals surface area contributed by atoms with E-state index in [0.717, 1.165) is 0 Å². The van der Waals surface area contributed by atoms with Crippen molar-refractivity contribution >= 4 is 0 Å². The Hall–Kier alpha value is -1.02. The van der Waals surface area contributed by atoms with Crippen LogP contribution in [-0.4, -0.2) is 23.1 Å². The van der Waals surface area contributed by atoms with E-state index in [1.165, 1.54) is 44.3 Å². The molecule has 88 valence electrons. The molecule has 0 bridgehead atoms. The second kappa shape index (κ2) is 5.35. The number of benzene rings is 1. The molecule has 1 heterocycles. The van der Waals surface area contributed by atoms with E-state index in [1.54, 1.807) is 6.07 Å². The zero-order valence-electron chi connectivity index (χ0n) is 10.0. The summed E-state index contributed by atoms with van der Waals surface area (Å²) in [6, 6.07) is 8.08. The van der Waals surface area contributed by atoms with E-state index >= 15 is 0 Å². The molecule has 0 aromatic heterocycles. The fraction of sp³-hybridized carbons (Fsp3) is 0.571. The van der Waals surface area contributed by atoms with Crippen molar-refractivity contribution in [1.29, 1.82) is 0 Å². The zero-order chi connectivity index (χ0) is 11.4. The number of aromatic hydroxyl groups is 1. The van der Waals surface area contributed by atoms with Crippen LogP contribution in [0.15, 0.2) is 24.3 Å². The highest BCUT2D eigenvalue weighted by atomic mass is 16.3. The lowest BCUT2D eigenvalue weighted by Crippen LogP contribution is -2.27. The highest BCUT2D eigenvalue weighted by molar-refractivity contribution is 5.29. The van der Waals surface area contributed by atoms with Crippen molar-refractivity contribution in [2.24, 2.45) is 0 Å². The summed E-state index contributed by atoms with van der Waals surface area (Å²) in [6.07, 6.45) is 5.35. The molecule has 0 aliphatic carbocycles. The van der Waals surface area contributed by atoms with Gasteiger partial charge in [-0.15, -0.1) is 0 Å². The molecule has 0 spiro atoms. The van der Waals surface area contributed by atoms with Gasteiger partial charge in [-0.1, -0.05) is 25.0 Å². The topological polar surface area (TPSA) is 23.5 Å². The van der Waals surface area contributed by atoms with Gasteiger partial charge in [0, 0.05) is 6.04 Å². The fourth-order valence-electron chi connectivity index (χ4n) is 2.48. The van der Waals surface area contributed by atoms with Gasteiger partial charge >= 0.3 is 0 Å². The fourth-order valence-corrected chi connectivity index (χ4v) is 2.48. The van der Waals surface area contributed by atoms with Crippen molar-refractivity contribution in [2.75, 3.05) is 13.1 Å². The lowest BCUT2D eigenvalue weighted by Gasteiger charge is -2.27. The highest BCUT2D eigenvalue weighted by Gasteiger charge is 2.17. The van der Waals surface area contributed by atoms with Crippen molar-refractivity contribution in [2.45, 2.75) is 38.6 Å². The van der Waals surface area contributed by atoms with E-state index in [1.807, 2.05) is 12.1 Å². The Labute approximate surface area is 97.9 Å². The number of likely N-dealkylation sites (tertiary alicyclic amines) is 1. The van der Waals surface area contributed by atoms with Crippen LogP contribution in [0.3, 0.4) is 0 Å². The third-order valence-electron chi connectivity index (χ3n) is 3.54. The van der Waals surface area contributed by atoms with E-state index in [4.69, 9.17) is 0 Å². The molecular weight excluding hydrogens is 198 g/mol. The van der Waals surface area contributed by atoms with E-state index in [2.05, 4.69) is 17.9 Å². The molecule has 1 aliphatic heterocycles. The number of phenols is 1. The quantitative estimate of drug-likeness (QED) is 0.824. The van der Waals surface area contributed by atoms with Crippen molar-refractivity contribution in [1.82, 2.24) is 4.90 Å². The van der Waals surface area contributed by atoms with Gasteiger partial charge in [-0.05, 0) is 50.6 Å². The maximum atomic E-state index is 9.50. The van der Waals surface area contributed by atoms with Gasteiger partial charge in [0.2, 0.25) is 0 Å². The molecule has 1 unspecified atom stereocenters. The first-order valence-corrected chi connectivity index (χ1v) is 6.30. The molecule has 16 heavy (non-hydrogen) atoms. The van der Waals surface area contributed by atoms with Crippen LogP contribution in [0.5, 0.6) is 5.75 Å².